The van der Waals surface area contributed by atoms with Crippen LogP contribution in [0.25, 0.3) is 0 Å². The van der Waals surface area contributed by atoms with E-state index in [0.717, 1.165) is 5.69 Å². The second-order valence-electron chi connectivity index (χ2n) is 1.96. The van der Waals surface area contributed by atoms with Crippen LogP contribution in [0, 0.1) is 0 Å². The monoisotopic (exact) mass is 180 g/mol. The molecule has 0 N–H and O–H groups in total. The van der Waals surface area contributed by atoms with Crippen LogP contribution in [0.2, 0.25) is 0 Å². The summed E-state index contributed by atoms with van der Waals surface area (Å²) in [7, 11) is 2.40. The Bertz CT molecular complexity index is 326. The minimum absolute atomic E-state index is 0.699. The predicted octanol–water partition coefficient (Wildman–Crippen LogP) is 1.03. The molecule has 0 aliphatic heterocycles. The molecule has 1 heterocycles. The summed E-state index contributed by atoms with van der Waals surface area (Å²) >= 11 is 0. The first-order valence-electron chi connectivity index (χ1n) is 3.27. The summed E-state index contributed by atoms with van der Waals surface area (Å²) in [6.45, 7) is 7.12. The van der Waals surface area contributed by atoms with E-state index in [2.05, 4.69) is 37.9 Å². The molecule has 1 unspecified atom stereocenters. The summed E-state index contributed by atoms with van der Waals surface area (Å²) in [6.07, 6.45) is 4.69. The maximum Gasteiger partial charge on any atom is 0.110 e. The van der Waals surface area contributed by atoms with Crippen molar-refractivity contribution in [3.63, 3.8) is 0 Å². The Morgan fingerprint density at radius 2 is 2.42 bits per heavy atom. The van der Waals surface area contributed by atoms with E-state index in [0.29, 0.717) is 5.71 Å². The van der Waals surface area contributed by atoms with E-state index in [1.807, 2.05) is 0 Å². The number of hydrogen-bond donors (Lipinski definition) is 0. The Labute approximate surface area is 73.0 Å². The van der Waals surface area contributed by atoms with Gasteiger partial charge in [0.15, 0.2) is 0 Å². The van der Waals surface area contributed by atoms with Crippen LogP contribution in [0.4, 0.5) is 0 Å². The van der Waals surface area contributed by atoms with Gasteiger partial charge in [-0.05, 0) is 15.5 Å². The molecule has 0 saturated heterocycles. The molecule has 1 aromatic heterocycles. The maximum absolute atomic E-state index is 3.99. The van der Waals surface area contributed by atoms with Gasteiger partial charge < -0.3 is 0 Å². The Hall–Kier alpha value is -1.28. The van der Waals surface area contributed by atoms with Crippen molar-refractivity contribution < 1.29 is 0 Å². The van der Waals surface area contributed by atoms with Crippen molar-refractivity contribution >= 4 is 15.1 Å². The quantitative estimate of drug-likeness (QED) is 0.515. The SMILES string of the molecule is C=CN=C(C=C)c1cnnn1P. The highest BCUT2D eigenvalue weighted by Gasteiger charge is 2.03. The van der Waals surface area contributed by atoms with Crippen LogP contribution in [0.15, 0.2) is 36.6 Å². The lowest BCUT2D eigenvalue weighted by atomic mass is 10.3. The Morgan fingerprint density at radius 3 is 2.83 bits per heavy atom. The molecule has 1 atom stereocenters. The van der Waals surface area contributed by atoms with Gasteiger partial charge in [-0.15, -0.1) is 5.10 Å². The molecule has 12 heavy (non-hydrogen) atoms. The molecule has 0 radical (unpaired) electrons. The highest BCUT2D eigenvalue weighted by atomic mass is 31.0. The molecule has 0 amide bonds. The van der Waals surface area contributed by atoms with Crippen LogP contribution >= 0.6 is 9.39 Å². The summed E-state index contributed by atoms with van der Waals surface area (Å²) in [5.74, 6) is 0. The second kappa shape index (κ2) is 3.93. The lowest BCUT2D eigenvalue weighted by Crippen LogP contribution is -2.00. The summed E-state index contributed by atoms with van der Waals surface area (Å²) in [5, 5.41) is 7.44. The van der Waals surface area contributed by atoms with E-state index >= 15 is 0 Å². The molecule has 1 aromatic rings. The van der Waals surface area contributed by atoms with Gasteiger partial charge in [0, 0.05) is 6.20 Å². The summed E-state index contributed by atoms with van der Waals surface area (Å²) in [4.78, 5) is 3.99. The standard InChI is InChI=1S/C7H9N4P/c1-3-6(8-4-2)7-5-9-10-11(7)12/h3-5H,1-2,12H2. The number of aliphatic imine (C=N–C) groups is 1. The summed E-state index contributed by atoms with van der Waals surface area (Å²) < 4.78 is 1.55. The van der Waals surface area contributed by atoms with Crippen LogP contribution in [0.1, 0.15) is 5.69 Å². The average molecular weight is 180 g/mol. The van der Waals surface area contributed by atoms with E-state index in [9.17, 15) is 0 Å². The van der Waals surface area contributed by atoms with Gasteiger partial charge in [0.1, 0.15) is 5.69 Å². The number of rotatable bonds is 3. The zero-order valence-electron chi connectivity index (χ0n) is 6.51. The zero-order chi connectivity index (χ0) is 8.97. The molecule has 4 nitrogen and oxygen atoms in total. The van der Waals surface area contributed by atoms with Crippen molar-refractivity contribution in [1.29, 1.82) is 0 Å². The van der Waals surface area contributed by atoms with E-state index in [-0.39, 0.29) is 0 Å². The molecule has 1 rings (SSSR count). The maximum atomic E-state index is 3.99. The fourth-order valence-corrected chi connectivity index (χ4v) is 1.01. The van der Waals surface area contributed by atoms with Crippen LogP contribution in [0.3, 0.4) is 0 Å². The van der Waals surface area contributed by atoms with Gasteiger partial charge in [-0.3, -0.25) is 4.99 Å². The van der Waals surface area contributed by atoms with Gasteiger partial charge in [0.05, 0.1) is 11.9 Å². The lowest BCUT2D eigenvalue weighted by Gasteiger charge is -1.97. The molecule has 0 aliphatic carbocycles. The number of aromatic nitrogens is 3. The summed E-state index contributed by atoms with van der Waals surface area (Å²) in [5.41, 5.74) is 1.49. The Balaban J connectivity index is 3.10. The molecule has 0 aromatic carbocycles. The highest BCUT2D eigenvalue weighted by molar-refractivity contribution is 7.14. The molecule has 0 saturated carbocycles. The van der Waals surface area contributed by atoms with Crippen LogP contribution in [-0.4, -0.2) is 20.5 Å². The predicted molar refractivity (Wildman–Crippen MR) is 52.1 cm³/mol. The first-order valence-corrected chi connectivity index (χ1v) is 3.78. The van der Waals surface area contributed by atoms with Gasteiger partial charge in [0.25, 0.3) is 0 Å². The van der Waals surface area contributed by atoms with Crippen molar-refractivity contribution in [3.8, 4) is 0 Å². The lowest BCUT2D eigenvalue weighted by molar-refractivity contribution is 0.887. The minimum atomic E-state index is 0.699. The molecule has 0 bridgehead atoms. The molecule has 0 fully saturated rings. The van der Waals surface area contributed by atoms with Gasteiger partial charge in [-0.2, -0.15) is 0 Å². The fourth-order valence-electron chi connectivity index (χ4n) is 0.749. The Kier molecular flexibility index (Phi) is 2.88. The summed E-state index contributed by atoms with van der Waals surface area (Å²) in [6, 6.07) is 0. The molecule has 0 spiro atoms. The normalized spacial score (nSPS) is 11.2. The van der Waals surface area contributed by atoms with Crippen molar-refractivity contribution in [3.05, 3.63) is 37.3 Å². The topological polar surface area (TPSA) is 43.1 Å². The van der Waals surface area contributed by atoms with Crippen LogP contribution in [0.5, 0.6) is 0 Å². The van der Waals surface area contributed by atoms with Crippen molar-refractivity contribution in [2.45, 2.75) is 0 Å². The molecule has 5 heteroatoms. The number of hydrogen-bond acceptors (Lipinski definition) is 3. The van der Waals surface area contributed by atoms with Gasteiger partial charge >= 0.3 is 0 Å². The number of nitrogens with zero attached hydrogens (tertiary/aromatic N) is 4. The van der Waals surface area contributed by atoms with Crippen molar-refractivity contribution in [2.24, 2.45) is 4.99 Å². The van der Waals surface area contributed by atoms with Gasteiger partial charge in [-0.25, -0.2) is 4.45 Å². The number of allylic oxidation sites excluding steroid dienone is 1. The van der Waals surface area contributed by atoms with Gasteiger partial charge in [-0.1, -0.05) is 18.4 Å². The Morgan fingerprint density at radius 1 is 1.67 bits per heavy atom. The third-order valence-electron chi connectivity index (χ3n) is 1.26. The van der Waals surface area contributed by atoms with Crippen molar-refractivity contribution in [1.82, 2.24) is 14.8 Å². The molecule has 62 valence electrons. The van der Waals surface area contributed by atoms with Crippen LogP contribution in [-0.2, 0) is 0 Å². The van der Waals surface area contributed by atoms with E-state index in [1.165, 1.54) is 6.20 Å². The largest absolute Gasteiger partial charge is 0.255 e. The molecule has 0 aliphatic rings. The van der Waals surface area contributed by atoms with Crippen molar-refractivity contribution in [2.75, 3.05) is 0 Å². The van der Waals surface area contributed by atoms with E-state index in [4.69, 9.17) is 0 Å². The molecular formula is C7H9N4P. The van der Waals surface area contributed by atoms with E-state index < -0.39 is 0 Å². The fraction of sp³-hybridized carbons (Fsp3) is 0. The smallest absolute Gasteiger partial charge is 0.110 e. The van der Waals surface area contributed by atoms with Gasteiger partial charge in [0.2, 0.25) is 0 Å². The van der Waals surface area contributed by atoms with E-state index in [1.54, 1.807) is 16.7 Å². The highest BCUT2D eigenvalue weighted by Crippen LogP contribution is 2.03. The average Bonchev–Trinajstić information content (AvgIpc) is 2.47. The third-order valence-corrected chi connectivity index (χ3v) is 1.64. The minimum Gasteiger partial charge on any atom is -0.255 e. The second-order valence-corrected chi connectivity index (χ2v) is 2.45. The molecular weight excluding hydrogens is 171 g/mol. The zero-order valence-corrected chi connectivity index (χ0v) is 7.67. The third kappa shape index (κ3) is 1.66. The first kappa shape index (κ1) is 8.81. The van der Waals surface area contributed by atoms with Crippen LogP contribution < -0.4 is 0 Å². The first-order chi connectivity index (χ1) is 5.79.